The molecule has 0 aliphatic rings. The highest BCUT2D eigenvalue weighted by atomic mass is 16.2. The highest BCUT2D eigenvalue weighted by Crippen LogP contribution is 2.22. The van der Waals surface area contributed by atoms with Gasteiger partial charge in [0.1, 0.15) is 0 Å². The molecule has 0 radical (unpaired) electrons. The molecule has 0 heterocycles. The summed E-state index contributed by atoms with van der Waals surface area (Å²) in [5.74, 6) is 0. The van der Waals surface area contributed by atoms with E-state index in [9.17, 15) is 4.79 Å². The fourth-order valence-electron chi connectivity index (χ4n) is 3.07. The van der Waals surface area contributed by atoms with Gasteiger partial charge < -0.3 is 5.32 Å². The number of nitrogens with zero attached hydrogens (tertiary/aromatic N) is 1. The number of urea groups is 1. The third-order valence-corrected chi connectivity index (χ3v) is 4.70. The molecule has 28 heavy (non-hydrogen) atoms. The number of carbonyl (C=O) groups is 1. The number of para-hydroxylation sites is 1. The molecule has 2 amide bonds. The van der Waals surface area contributed by atoms with E-state index in [0.29, 0.717) is 6.54 Å². The van der Waals surface area contributed by atoms with Crippen LogP contribution in [-0.4, -0.2) is 12.6 Å². The standard InChI is InChI=1S/C25H26N2O/c1-19-14-16-23(17-15-19)27(18-8-13-22-11-5-4-6-12-22)25(28)26-24-20(2)9-7-10-21(24)3/h4-17H,18H2,1-3H3,(H,26,28). The lowest BCUT2D eigenvalue weighted by atomic mass is 10.1. The Kier molecular flexibility index (Phi) is 6.28. The SMILES string of the molecule is Cc1ccc(N(CC=Cc2ccccc2)C(=O)Nc2c(C)cccc2C)cc1. The van der Waals surface area contributed by atoms with Crippen molar-refractivity contribution in [2.75, 3.05) is 16.8 Å². The molecule has 0 atom stereocenters. The number of aryl methyl sites for hydroxylation is 3. The number of benzene rings is 3. The normalized spacial score (nSPS) is 10.8. The topological polar surface area (TPSA) is 32.3 Å². The molecule has 0 saturated heterocycles. The van der Waals surface area contributed by atoms with Gasteiger partial charge in [-0.2, -0.15) is 0 Å². The molecule has 3 aromatic carbocycles. The van der Waals surface area contributed by atoms with E-state index in [1.54, 1.807) is 4.90 Å². The van der Waals surface area contributed by atoms with E-state index >= 15 is 0 Å². The van der Waals surface area contributed by atoms with Gasteiger partial charge in [-0.15, -0.1) is 0 Å². The predicted molar refractivity (Wildman–Crippen MR) is 119 cm³/mol. The van der Waals surface area contributed by atoms with Gasteiger partial charge in [0.15, 0.2) is 0 Å². The summed E-state index contributed by atoms with van der Waals surface area (Å²) in [6.07, 6.45) is 4.05. The fraction of sp³-hybridized carbons (Fsp3) is 0.160. The molecule has 0 aliphatic heterocycles. The van der Waals surface area contributed by atoms with E-state index in [4.69, 9.17) is 0 Å². The Hall–Kier alpha value is -3.33. The smallest absolute Gasteiger partial charge is 0.307 e. The summed E-state index contributed by atoms with van der Waals surface area (Å²) in [6, 6.07) is 24.0. The summed E-state index contributed by atoms with van der Waals surface area (Å²) in [5, 5.41) is 3.09. The molecule has 3 nitrogen and oxygen atoms in total. The van der Waals surface area contributed by atoms with Gasteiger partial charge in [-0.25, -0.2) is 4.79 Å². The largest absolute Gasteiger partial charge is 0.326 e. The Morgan fingerprint density at radius 2 is 1.50 bits per heavy atom. The molecule has 0 spiro atoms. The maximum Gasteiger partial charge on any atom is 0.326 e. The molecule has 0 saturated carbocycles. The minimum atomic E-state index is -0.140. The lowest BCUT2D eigenvalue weighted by Gasteiger charge is -2.23. The van der Waals surface area contributed by atoms with Crippen molar-refractivity contribution in [3.8, 4) is 0 Å². The zero-order valence-electron chi connectivity index (χ0n) is 16.6. The molecule has 142 valence electrons. The second-order valence-electron chi connectivity index (χ2n) is 6.96. The molecule has 3 aromatic rings. The molecule has 3 rings (SSSR count). The zero-order chi connectivity index (χ0) is 19.9. The van der Waals surface area contributed by atoms with Crippen molar-refractivity contribution in [2.45, 2.75) is 20.8 Å². The summed E-state index contributed by atoms with van der Waals surface area (Å²) < 4.78 is 0. The van der Waals surface area contributed by atoms with Crippen LogP contribution in [0.2, 0.25) is 0 Å². The number of hydrogen-bond donors (Lipinski definition) is 1. The van der Waals surface area contributed by atoms with E-state index in [-0.39, 0.29) is 6.03 Å². The van der Waals surface area contributed by atoms with Crippen molar-refractivity contribution >= 4 is 23.5 Å². The van der Waals surface area contributed by atoms with Gasteiger partial charge >= 0.3 is 6.03 Å². The molecule has 0 aliphatic carbocycles. The second-order valence-corrected chi connectivity index (χ2v) is 6.96. The molecule has 0 aromatic heterocycles. The van der Waals surface area contributed by atoms with Crippen LogP contribution in [-0.2, 0) is 0 Å². The molecule has 0 bridgehead atoms. The van der Waals surface area contributed by atoms with Crippen molar-refractivity contribution < 1.29 is 4.79 Å². The van der Waals surface area contributed by atoms with Crippen molar-refractivity contribution in [1.82, 2.24) is 0 Å². The molecule has 3 heteroatoms. The van der Waals surface area contributed by atoms with E-state index in [2.05, 4.69) is 5.32 Å². The summed E-state index contributed by atoms with van der Waals surface area (Å²) in [6.45, 7) is 6.54. The van der Waals surface area contributed by atoms with Gasteiger partial charge in [0, 0.05) is 17.9 Å². The van der Waals surface area contributed by atoms with Crippen LogP contribution in [0.15, 0.2) is 78.9 Å². The predicted octanol–water partition coefficient (Wildman–Crippen LogP) is 6.36. The van der Waals surface area contributed by atoms with E-state index in [1.165, 1.54) is 5.56 Å². The minimum absolute atomic E-state index is 0.140. The first-order valence-electron chi connectivity index (χ1n) is 9.47. The number of hydrogen-bond acceptors (Lipinski definition) is 1. The average molecular weight is 370 g/mol. The van der Waals surface area contributed by atoms with Gasteiger partial charge in [0.2, 0.25) is 0 Å². The zero-order valence-corrected chi connectivity index (χ0v) is 16.6. The molecular formula is C25H26N2O. The van der Waals surface area contributed by atoms with E-state index in [1.807, 2.05) is 106 Å². The lowest BCUT2D eigenvalue weighted by molar-refractivity contribution is 0.257. The average Bonchev–Trinajstić information content (AvgIpc) is 2.70. The van der Waals surface area contributed by atoms with Crippen LogP contribution in [0, 0.1) is 20.8 Å². The van der Waals surface area contributed by atoms with Crippen molar-refractivity contribution in [3.05, 3.63) is 101 Å². The fourth-order valence-corrected chi connectivity index (χ4v) is 3.07. The highest BCUT2D eigenvalue weighted by Gasteiger charge is 2.16. The molecule has 1 N–H and O–H groups in total. The van der Waals surface area contributed by atoms with Crippen LogP contribution in [0.1, 0.15) is 22.3 Å². The van der Waals surface area contributed by atoms with E-state index in [0.717, 1.165) is 28.1 Å². The Labute approximate surface area is 167 Å². The van der Waals surface area contributed by atoms with Gasteiger partial charge in [-0.05, 0) is 49.6 Å². The maximum absolute atomic E-state index is 13.1. The van der Waals surface area contributed by atoms with Gasteiger partial charge in [-0.1, -0.05) is 78.4 Å². The summed E-state index contributed by atoms with van der Waals surface area (Å²) in [4.78, 5) is 14.9. The number of rotatable bonds is 5. The molecule has 0 fully saturated rings. The Morgan fingerprint density at radius 1 is 0.857 bits per heavy atom. The Balaban J connectivity index is 1.84. The van der Waals surface area contributed by atoms with Crippen molar-refractivity contribution in [2.24, 2.45) is 0 Å². The third kappa shape index (κ3) is 4.89. The summed E-state index contributed by atoms with van der Waals surface area (Å²) in [5.41, 5.74) is 6.12. The lowest BCUT2D eigenvalue weighted by Crippen LogP contribution is -2.35. The summed E-state index contributed by atoms with van der Waals surface area (Å²) >= 11 is 0. The quantitative estimate of drug-likeness (QED) is 0.556. The number of anilines is 2. The number of carbonyl (C=O) groups excluding carboxylic acids is 1. The Bertz CT molecular complexity index is 939. The van der Waals surface area contributed by atoms with Crippen LogP contribution in [0.3, 0.4) is 0 Å². The van der Waals surface area contributed by atoms with Gasteiger partial charge in [-0.3, -0.25) is 4.90 Å². The van der Waals surface area contributed by atoms with Crippen LogP contribution in [0.25, 0.3) is 6.08 Å². The van der Waals surface area contributed by atoms with Crippen molar-refractivity contribution in [1.29, 1.82) is 0 Å². The molecular weight excluding hydrogens is 344 g/mol. The van der Waals surface area contributed by atoms with Crippen LogP contribution in [0.4, 0.5) is 16.2 Å². The number of nitrogens with one attached hydrogen (secondary N) is 1. The second kappa shape index (κ2) is 9.05. The first kappa shape index (κ1) is 19.4. The first-order chi connectivity index (χ1) is 13.5. The van der Waals surface area contributed by atoms with Gasteiger partial charge in [0.25, 0.3) is 0 Å². The van der Waals surface area contributed by atoms with Crippen LogP contribution < -0.4 is 10.2 Å². The minimum Gasteiger partial charge on any atom is -0.307 e. The van der Waals surface area contributed by atoms with E-state index < -0.39 is 0 Å². The highest BCUT2D eigenvalue weighted by molar-refractivity contribution is 6.02. The number of amides is 2. The first-order valence-corrected chi connectivity index (χ1v) is 9.47. The maximum atomic E-state index is 13.1. The van der Waals surface area contributed by atoms with Crippen LogP contribution >= 0.6 is 0 Å². The van der Waals surface area contributed by atoms with Crippen LogP contribution in [0.5, 0.6) is 0 Å². The molecule has 0 unspecified atom stereocenters. The summed E-state index contributed by atoms with van der Waals surface area (Å²) in [7, 11) is 0. The third-order valence-electron chi connectivity index (χ3n) is 4.70. The van der Waals surface area contributed by atoms with Crippen molar-refractivity contribution in [3.63, 3.8) is 0 Å². The monoisotopic (exact) mass is 370 g/mol. The van der Waals surface area contributed by atoms with Gasteiger partial charge in [0.05, 0.1) is 0 Å². The Morgan fingerprint density at radius 3 is 2.14 bits per heavy atom.